The first kappa shape index (κ1) is 15.9. The first-order valence-corrected chi connectivity index (χ1v) is 8.79. The van der Waals surface area contributed by atoms with Crippen LogP contribution in [0, 0.1) is 23.1 Å². The molecular weight excluding hydrogens is 309 g/mol. The van der Waals surface area contributed by atoms with Gasteiger partial charge in [0.1, 0.15) is 18.0 Å². The van der Waals surface area contributed by atoms with Gasteiger partial charge in [-0.15, -0.1) is 0 Å². The topological polar surface area (TPSA) is 47.6 Å². The number of hydrogen-bond acceptors (Lipinski definition) is 3. The van der Waals surface area contributed by atoms with Crippen molar-refractivity contribution in [3.63, 3.8) is 0 Å². The first-order valence-electron chi connectivity index (χ1n) is 8.79. The van der Waals surface area contributed by atoms with E-state index in [0.29, 0.717) is 16.9 Å². The third kappa shape index (κ3) is 2.41. The Morgan fingerprint density at radius 1 is 1.42 bits per heavy atom. The minimum Gasteiger partial charge on any atom is -0.443 e. The predicted molar refractivity (Wildman–Crippen MR) is 86.9 cm³/mol. The van der Waals surface area contributed by atoms with E-state index in [4.69, 9.17) is 9.47 Å². The van der Waals surface area contributed by atoms with Crippen molar-refractivity contribution in [2.45, 2.75) is 50.9 Å². The van der Waals surface area contributed by atoms with Gasteiger partial charge in [0.05, 0.1) is 0 Å². The molecule has 1 N–H and O–H groups in total. The Balaban J connectivity index is 1.36. The van der Waals surface area contributed by atoms with E-state index in [1.54, 1.807) is 25.1 Å². The van der Waals surface area contributed by atoms with Gasteiger partial charge in [-0.05, 0) is 55.9 Å². The van der Waals surface area contributed by atoms with Crippen LogP contribution in [0.4, 0.5) is 9.18 Å². The van der Waals surface area contributed by atoms with Crippen LogP contribution in [0.25, 0.3) is 0 Å². The molecular formula is C19H24FNO3. The van der Waals surface area contributed by atoms with Gasteiger partial charge >= 0.3 is 6.09 Å². The maximum Gasteiger partial charge on any atom is 0.407 e. The smallest absolute Gasteiger partial charge is 0.407 e. The maximum absolute atomic E-state index is 14.0. The third-order valence-electron chi connectivity index (χ3n) is 6.38. The molecule has 0 saturated heterocycles. The van der Waals surface area contributed by atoms with Gasteiger partial charge < -0.3 is 14.8 Å². The van der Waals surface area contributed by atoms with E-state index in [2.05, 4.69) is 5.32 Å². The van der Waals surface area contributed by atoms with Gasteiger partial charge in [-0.3, -0.25) is 0 Å². The van der Waals surface area contributed by atoms with Crippen LogP contribution in [-0.2, 0) is 9.47 Å². The van der Waals surface area contributed by atoms with Crippen molar-refractivity contribution in [3.05, 3.63) is 35.6 Å². The lowest BCUT2D eigenvalue weighted by molar-refractivity contribution is -0.0170. The molecule has 4 nitrogen and oxygen atoms in total. The minimum absolute atomic E-state index is 0.269. The zero-order chi connectivity index (χ0) is 16.9. The van der Waals surface area contributed by atoms with E-state index in [1.807, 2.05) is 0 Å². The fraction of sp³-hybridized carbons (Fsp3) is 0.632. The SMILES string of the molecule is CO[C@@H](c1ccccc1F)[C@H](C)OC(=O)NC1C2CC3CCC21C3. The number of carbonyl (C=O) groups excluding carboxylic acids is 1. The number of halogens is 1. The van der Waals surface area contributed by atoms with Crippen LogP contribution in [0.5, 0.6) is 0 Å². The molecule has 2 bridgehead atoms. The zero-order valence-corrected chi connectivity index (χ0v) is 14.1. The molecule has 0 heterocycles. The number of carbonyl (C=O) groups is 1. The molecule has 5 heteroatoms. The Morgan fingerprint density at radius 3 is 2.83 bits per heavy atom. The van der Waals surface area contributed by atoms with Crippen LogP contribution in [0.2, 0.25) is 0 Å². The highest BCUT2D eigenvalue weighted by Gasteiger charge is 2.72. The molecule has 1 amide bonds. The Bertz CT molecular complexity index is 651. The van der Waals surface area contributed by atoms with Crippen LogP contribution in [0.15, 0.2) is 24.3 Å². The fourth-order valence-corrected chi connectivity index (χ4v) is 5.26. The Labute approximate surface area is 141 Å². The second-order valence-electron chi connectivity index (χ2n) is 7.59. The van der Waals surface area contributed by atoms with Crippen LogP contribution in [-0.4, -0.2) is 25.3 Å². The summed E-state index contributed by atoms with van der Waals surface area (Å²) < 4.78 is 24.8. The van der Waals surface area contributed by atoms with E-state index in [-0.39, 0.29) is 11.9 Å². The molecule has 4 unspecified atom stereocenters. The number of nitrogens with one attached hydrogen (secondary N) is 1. The molecule has 3 aliphatic carbocycles. The highest BCUT2D eigenvalue weighted by molar-refractivity contribution is 5.69. The molecule has 1 spiro atoms. The van der Waals surface area contributed by atoms with Crippen LogP contribution >= 0.6 is 0 Å². The Morgan fingerprint density at radius 2 is 2.21 bits per heavy atom. The normalized spacial score (nSPS) is 35.2. The molecule has 1 aromatic rings. The van der Waals surface area contributed by atoms with Crippen molar-refractivity contribution < 1.29 is 18.7 Å². The van der Waals surface area contributed by atoms with Gasteiger partial charge in [-0.2, -0.15) is 0 Å². The number of hydrogen-bond donors (Lipinski definition) is 1. The zero-order valence-electron chi connectivity index (χ0n) is 14.1. The Hall–Kier alpha value is -1.62. The lowest BCUT2D eigenvalue weighted by Crippen LogP contribution is -2.35. The number of ether oxygens (including phenoxy) is 2. The van der Waals surface area contributed by atoms with Gasteiger partial charge in [0.2, 0.25) is 0 Å². The number of rotatable bonds is 5. The average molecular weight is 333 g/mol. The average Bonchev–Trinajstić information content (AvgIpc) is 2.89. The largest absolute Gasteiger partial charge is 0.443 e. The molecule has 6 atom stereocenters. The van der Waals surface area contributed by atoms with E-state index < -0.39 is 18.3 Å². The number of fused-ring (bicyclic) bond motifs is 1. The predicted octanol–water partition coefficient (Wildman–Crippen LogP) is 3.82. The van der Waals surface area contributed by atoms with Gasteiger partial charge in [-0.25, -0.2) is 9.18 Å². The lowest BCUT2D eigenvalue weighted by atomic mass is 10.0. The molecule has 24 heavy (non-hydrogen) atoms. The summed E-state index contributed by atoms with van der Waals surface area (Å²) in [4.78, 5) is 12.3. The number of benzene rings is 1. The van der Waals surface area contributed by atoms with E-state index in [0.717, 1.165) is 5.92 Å². The quantitative estimate of drug-likeness (QED) is 0.891. The summed E-state index contributed by atoms with van der Waals surface area (Å²) >= 11 is 0. The molecule has 3 aliphatic rings. The molecule has 0 radical (unpaired) electrons. The number of alkyl carbamates (subject to hydrolysis) is 1. The molecule has 1 aromatic carbocycles. The van der Waals surface area contributed by atoms with Crippen molar-refractivity contribution in [1.82, 2.24) is 5.32 Å². The second kappa shape index (κ2) is 5.73. The third-order valence-corrected chi connectivity index (χ3v) is 6.38. The number of amides is 1. The van der Waals surface area contributed by atoms with Crippen molar-refractivity contribution in [1.29, 1.82) is 0 Å². The summed E-state index contributed by atoms with van der Waals surface area (Å²) in [7, 11) is 1.50. The van der Waals surface area contributed by atoms with Gasteiger partial charge in [-0.1, -0.05) is 18.2 Å². The van der Waals surface area contributed by atoms with Crippen molar-refractivity contribution >= 4 is 6.09 Å². The van der Waals surface area contributed by atoms with E-state index >= 15 is 0 Å². The second-order valence-corrected chi connectivity index (χ2v) is 7.59. The fourth-order valence-electron chi connectivity index (χ4n) is 5.26. The highest BCUT2D eigenvalue weighted by atomic mass is 19.1. The maximum atomic E-state index is 14.0. The summed E-state index contributed by atoms with van der Waals surface area (Å²) in [6, 6.07) is 6.69. The summed E-state index contributed by atoms with van der Waals surface area (Å²) in [5.41, 5.74) is 0.764. The molecule has 130 valence electrons. The van der Waals surface area contributed by atoms with Crippen LogP contribution in [0.1, 0.15) is 44.3 Å². The van der Waals surface area contributed by atoms with Gasteiger partial charge in [0, 0.05) is 18.7 Å². The molecule has 3 saturated carbocycles. The monoisotopic (exact) mass is 333 g/mol. The van der Waals surface area contributed by atoms with Crippen LogP contribution in [0.3, 0.4) is 0 Å². The van der Waals surface area contributed by atoms with E-state index in [1.165, 1.54) is 38.9 Å². The standard InChI is InChI=1S/C19H24FNO3/c1-11(16(23-2)13-5-3-4-6-15(13)20)24-18(22)21-17-14-9-12-7-8-19(14,17)10-12/h3-6,11-12,14,16-17H,7-10H2,1-2H3,(H,21,22)/t11-,12?,14?,16+,17?,19?/m0/s1. The molecule has 3 fully saturated rings. The molecule has 0 aliphatic heterocycles. The van der Waals surface area contributed by atoms with Gasteiger partial charge in [0.25, 0.3) is 0 Å². The lowest BCUT2D eigenvalue weighted by Gasteiger charge is -2.24. The highest BCUT2D eigenvalue weighted by Crippen LogP contribution is 2.73. The summed E-state index contributed by atoms with van der Waals surface area (Å²) in [5, 5.41) is 3.04. The van der Waals surface area contributed by atoms with Crippen molar-refractivity contribution in [2.75, 3.05) is 7.11 Å². The molecule has 4 rings (SSSR count). The first-order chi connectivity index (χ1) is 11.5. The summed E-state index contributed by atoms with van der Waals surface area (Å²) in [6.45, 7) is 1.73. The van der Waals surface area contributed by atoms with Crippen molar-refractivity contribution in [3.8, 4) is 0 Å². The summed E-state index contributed by atoms with van der Waals surface area (Å²) in [6.07, 6.45) is 3.43. The number of methoxy groups -OCH3 is 1. The van der Waals surface area contributed by atoms with Crippen LogP contribution < -0.4 is 5.32 Å². The van der Waals surface area contributed by atoms with Crippen molar-refractivity contribution in [2.24, 2.45) is 17.3 Å². The van der Waals surface area contributed by atoms with Gasteiger partial charge in [0.15, 0.2) is 0 Å². The minimum atomic E-state index is -0.621. The Kier molecular flexibility index (Phi) is 3.79. The van der Waals surface area contributed by atoms with E-state index in [9.17, 15) is 9.18 Å². The molecule has 0 aromatic heterocycles. The summed E-state index contributed by atoms with van der Waals surface area (Å²) in [5.74, 6) is 1.17.